The van der Waals surface area contributed by atoms with Crippen LogP contribution in [0, 0.1) is 23.7 Å². The summed E-state index contributed by atoms with van der Waals surface area (Å²) < 4.78 is 68.4. The zero-order valence-corrected chi connectivity index (χ0v) is 64.1. The van der Waals surface area contributed by atoms with Crippen LogP contribution in [0.1, 0.15) is 383 Å². The third-order valence-corrected chi connectivity index (χ3v) is 20.2. The molecule has 0 heterocycles. The van der Waals surface area contributed by atoms with Gasteiger partial charge in [-0.15, -0.1) is 0 Å². The summed E-state index contributed by atoms with van der Waals surface area (Å²) in [6.07, 6.45) is 50.2. The van der Waals surface area contributed by atoms with Gasteiger partial charge in [0.15, 0.2) is 12.2 Å². The maximum atomic E-state index is 13.1. The number of hydrogen-bond donors (Lipinski definition) is 3. The van der Waals surface area contributed by atoms with Gasteiger partial charge in [-0.2, -0.15) is 0 Å². The molecule has 0 radical (unpaired) electrons. The van der Waals surface area contributed by atoms with E-state index in [9.17, 15) is 43.2 Å². The number of phosphoric acid groups is 2. The highest BCUT2D eigenvalue weighted by Crippen LogP contribution is 2.45. The van der Waals surface area contributed by atoms with Crippen molar-refractivity contribution in [1.82, 2.24) is 0 Å². The number of carbonyl (C=O) groups is 4. The average molecular weight is 1400 g/mol. The third-order valence-electron chi connectivity index (χ3n) is 18.3. The van der Waals surface area contributed by atoms with Gasteiger partial charge < -0.3 is 33.8 Å². The first-order valence-electron chi connectivity index (χ1n) is 39.3. The molecule has 564 valence electrons. The van der Waals surface area contributed by atoms with Gasteiger partial charge in [-0.3, -0.25) is 37.3 Å². The Labute approximate surface area is 581 Å². The van der Waals surface area contributed by atoms with E-state index in [0.29, 0.717) is 31.6 Å². The van der Waals surface area contributed by atoms with E-state index in [-0.39, 0.29) is 25.7 Å². The van der Waals surface area contributed by atoms with Crippen LogP contribution in [0.2, 0.25) is 0 Å². The number of ether oxygens (including phenoxy) is 4. The zero-order chi connectivity index (χ0) is 70.3. The lowest BCUT2D eigenvalue weighted by Gasteiger charge is -2.21. The summed E-state index contributed by atoms with van der Waals surface area (Å²) in [7, 11) is -9.91. The summed E-state index contributed by atoms with van der Waals surface area (Å²) in [6.45, 7) is 14.2. The molecule has 3 N–H and O–H groups in total. The van der Waals surface area contributed by atoms with Crippen LogP contribution in [-0.4, -0.2) is 96.7 Å². The number of unbranched alkanes of at least 4 members (excludes halogenated alkanes) is 37. The molecular weight excluding hydrogens is 1250 g/mol. The van der Waals surface area contributed by atoms with Gasteiger partial charge in [-0.1, -0.05) is 331 Å². The maximum Gasteiger partial charge on any atom is 0.472 e. The van der Waals surface area contributed by atoms with Gasteiger partial charge in [-0.05, 0) is 49.4 Å². The molecule has 0 aromatic heterocycles. The fraction of sp³-hybridized carbons (Fsp3) is 0.947. The minimum atomic E-state index is -4.96. The van der Waals surface area contributed by atoms with Crippen molar-refractivity contribution < 1.29 is 80.2 Å². The Morgan fingerprint density at radius 1 is 0.295 bits per heavy atom. The van der Waals surface area contributed by atoms with Crippen molar-refractivity contribution in [1.29, 1.82) is 0 Å². The van der Waals surface area contributed by atoms with Crippen molar-refractivity contribution in [2.24, 2.45) is 23.7 Å². The molecule has 0 aromatic rings. The largest absolute Gasteiger partial charge is 0.472 e. The van der Waals surface area contributed by atoms with Crippen LogP contribution >= 0.6 is 15.6 Å². The Hall–Kier alpha value is -1.94. The van der Waals surface area contributed by atoms with Crippen molar-refractivity contribution >= 4 is 39.5 Å². The van der Waals surface area contributed by atoms with Gasteiger partial charge >= 0.3 is 39.5 Å². The smallest absolute Gasteiger partial charge is 0.462 e. The van der Waals surface area contributed by atoms with Crippen LogP contribution in [0.4, 0.5) is 0 Å². The molecule has 0 aliphatic heterocycles. The van der Waals surface area contributed by atoms with Crippen molar-refractivity contribution in [3.8, 4) is 0 Å². The van der Waals surface area contributed by atoms with Gasteiger partial charge in [-0.25, -0.2) is 9.13 Å². The first-order chi connectivity index (χ1) is 45.7. The SMILES string of the molecule is CCC(C)CCCCCCCCCCCCCCCCCCCCC(=O)OC[C@H](COP(=O)(O)OCC(O)COP(=O)(O)OC[C@@H](COC(=O)CCCCCCCCCC(C)C)OC(=O)CCCCCCCCCCC(C)CC)OC(=O)CCCCCCCCCCC(C)C. The topological polar surface area (TPSA) is 237 Å². The van der Waals surface area contributed by atoms with Crippen molar-refractivity contribution in [3.63, 3.8) is 0 Å². The van der Waals surface area contributed by atoms with E-state index >= 15 is 0 Å². The van der Waals surface area contributed by atoms with Crippen LogP contribution in [0.5, 0.6) is 0 Å². The first-order valence-corrected chi connectivity index (χ1v) is 42.3. The van der Waals surface area contributed by atoms with E-state index in [1.807, 2.05) is 0 Å². The summed E-state index contributed by atoms with van der Waals surface area (Å²) >= 11 is 0. The number of hydrogen-bond acceptors (Lipinski definition) is 15. The number of carbonyl (C=O) groups excluding carboxylic acids is 4. The predicted octanol–water partition coefficient (Wildman–Crippen LogP) is 22.0. The normalized spacial score (nSPS) is 14.7. The van der Waals surface area contributed by atoms with E-state index in [4.69, 9.17) is 37.0 Å². The fourth-order valence-electron chi connectivity index (χ4n) is 11.5. The Balaban J connectivity index is 5.15. The number of aliphatic hydroxyl groups is 1. The highest BCUT2D eigenvalue weighted by Gasteiger charge is 2.30. The molecule has 0 rings (SSSR count). The molecule has 0 fully saturated rings. The van der Waals surface area contributed by atoms with E-state index in [0.717, 1.165) is 114 Å². The molecule has 17 nitrogen and oxygen atoms in total. The van der Waals surface area contributed by atoms with Crippen molar-refractivity contribution in [2.75, 3.05) is 39.6 Å². The Bertz CT molecular complexity index is 1870. The average Bonchev–Trinajstić information content (AvgIpc) is 2.32. The van der Waals surface area contributed by atoms with Gasteiger partial charge in [0, 0.05) is 25.7 Å². The molecule has 95 heavy (non-hydrogen) atoms. The van der Waals surface area contributed by atoms with Gasteiger partial charge in [0.1, 0.15) is 19.3 Å². The molecule has 0 saturated carbocycles. The molecule has 19 heteroatoms. The van der Waals surface area contributed by atoms with Crippen LogP contribution in [0.3, 0.4) is 0 Å². The number of rotatable bonds is 73. The Kier molecular flexibility index (Phi) is 64.0. The van der Waals surface area contributed by atoms with Crippen molar-refractivity contribution in [3.05, 3.63) is 0 Å². The van der Waals surface area contributed by atoms with Crippen molar-refractivity contribution in [2.45, 2.75) is 401 Å². The zero-order valence-electron chi connectivity index (χ0n) is 62.3. The van der Waals surface area contributed by atoms with Crippen LogP contribution in [-0.2, 0) is 65.4 Å². The van der Waals surface area contributed by atoms with Crippen LogP contribution in [0.25, 0.3) is 0 Å². The molecule has 0 aromatic carbocycles. The number of phosphoric ester groups is 2. The molecule has 5 unspecified atom stereocenters. The molecule has 0 aliphatic rings. The lowest BCUT2D eigenvalue weighted by molar-refractivity contribution is -0.161. The lowest BCUT2D eigenvalue weighted by atomic mass is 9.99. The molecule has 0 spiro atoms. The second kappa shape index (κ2) is 65.4. The summed E-state index contributed by atoms with van der Waals surface area (Å²) in [5, 5.41) is 10.6. The van der Waals surface area contributed by atoms with Crippen LogP contribution < -0.4 is 0 Å². The minimum absolute atomic E-state index is 0.104. The molecule has 0 bridgehead atoms. The molecule has 7 atom stereocenters. The summed E-state index contributed by atoms with van der Waals surface area (Å²) in [5.74, 6) is 0.940. The summed E-state index contributed by atoms with van der Waals surface area (Å²) in [4.78, 5) is 72.7. The van der Waals surface area contributed by atoms with Gasteiger partial charge in [0.25, 0.3) is 0 Å². The number of esters is 4. The van der Waals surface area contributed by atoms with Gasteiger partial charge in [0.05, 0.1) is 26.4 Å². The molecule has 0 aliphatic carbocycles. The molecule has 0 saturated heterocycles. The quantitative estimate of drug-likeness (QED) is 0.0222. The second-order valence-electron chi connectivity index (χ2n) is 28.8. The third kappa shape index (κ3) is 67.6. The summed E-state index contributed by atoms with van der Waals surface area (Å²) in [5.41, 5.74) is 0. The Morgan fingerprint density at radius 2 is 0.505 bits per heavy atom. The Morgan fingerprint density at radius 3 is 0.747 bits per heavy atom. The van der Waals surface area contributed by atoms with Crippen LogP contribution in [0.15, 0.2) is 0 Å². The van der Waals surface area contributed by atoms with E-state index in [2.05, 4.69) is 55.4 Å². The maximum absolute atomic E-state index is 13.1. The fourth-order valence-corrected chi connectivity index (χ4v) is 13.1. The first kappa shape index (κ1) is 93.1. The van der Waals surface area contributed by atoms with Gasteiger partial charge in [0.2, 0.25) is 0 Å². The lowest BCUT2D eigenvalue weighted by Crippen LogP contribution is -2.30. The summed E-state index contributed by atoms with van der Waals surface area (Å²) in [6, 6.07) is 0. The highest BCUT2D eigenvalue weighted by atomic mass is 31.2. The minimum Gasteiger partial charge on any atom is -0.462 e. The van der Waals surface area contributed by atoms with E-state index in [1.165, 1.54) is 180 Å². The second-order valence-corrected chi connectivity index (χ2v) is 31.7. The van der Waals surface area contributed by atoms with E-state index < -0.39 is 97.5 Å². The highest BCUT2D eigenvalue weighted by molar-refractivity contribution is 7.47. The molecule has 0 amide bonds. The van der Waals surface area contributed by atoms with E-state index in [1.54, 1.807) is 0 Å². The number of aliphatic hydroxyl groups excluding tert-OH is 1. The standard InChI is InChI=1S/C76H148O17P2/c1-9-68(7)54-46-38-30-21-19-17-15-13-11-12-14-16-18-20-22-32-40-48-56-73(78)86-62-71(92-75(80)58-50-42-33-25-23-28-36-44-52-66(3)4)64-90-94(82,83)88-60-70(77)61-89-95(84,85)91-65-72(63-87-74(79)57-49-41-35-27-29-37-45-53-67(5)6)93-76(81)59-51-43-34-26-24-31-39-47-55-69(8)10-2/h66-72,77H,9-65H2,1-8H3,(H,82,83)(H,84,85)/t68?,69?,70?,71-,72-/m1/s1. The monoisotopic (exact) mass is 1400 g/mol. The predicted molar refractivity (Wildman–Crippen MR) is 386 cm³/mol. The molecular formula is C76H148O17P2.